The molecule has 1 aliphatic heterocycles. The Kier molecular flexibility index (Phi) is 5.29. The lowest BCUT2D eigenvalue weighted by atomic mass is 9.90. The van der Waals surface area contributed by atoms with Gasteiger partial charge in [-0.1, -0.05) is 60.7 Å². The Hall–Kier alpha value is -3.60. The molecule has 2 amide bonds. The summed E-state index contributed by atoms with van der Waals surface area (Å²) in [5, 5.41) is 3.02. The largest absolute Gasteiger partial charge is 0.490 e. The molecule has 4 rings (SSSR count). The lowest BCUT2D eigenvalue weighted by molar-refractivity contribution is -0.117. The van der Waals surface area contributed by atoms with Gasteiger partial charge in [-0.3, -0.25) is 9.59 Å². The Morgan fingerprint density at radius 1 is 0.931 bits per heavy atom. The van der Waals surface area contributed by atoms with Crippen molar-refractivity contribution in [1.82, 2.24) is 0 Å². The van der Waals surface area contributed by atoms with Crippen LogP contribution in [0.25, 0.3) is 0 Å². The highest BCUT2D eigenvalue weighted by Gasteiger charge is 2.25. The zero-order valence-electron chi connectivity index (χ0n) is 16.2. The second-order valence-electron chi connectivity index (χ2n) is 6.95. The number of carbonyl (C=O) groups excluding carboxylic acids is 2. The van der Waals surface area contributed by atoms with E-state index in [4.69, 9.17) is 4.74 Å². The first kappa shape index (κ1) is 18.7. The Morgan fingerprint density at radius 2 is 1.55 bits per heavy atom. The fraction of sp³-hybridized carbons (Fsp3) is 0.167. The van der Waals surface area contributed by atoms with Crippen molar-refractivity contribution in [3.8, 4) is 5.75 Å². The maximum absolute atomic E-state index is 13.3. The van der Waals surface area contributed by atoms with E-state index in [0.717, 1.165) is 11.1 Å². The monoisotopic (exact) mass is 386 g/mol. The summed E-state index contributed by atoms with van der Waals surface area (Å²) >= 11 is 0. The van der Waals surface area contributed by atoms with Crippen LogP contribution in [0.4, 0.5) is 11.4 Å². The number of carbonyl (C=O) groups is 2. The van der Waals surface area contributed by atoms with E-state index in [0.29, 0.717) is 30.3 Å². The molecule has 0 aliphatic carbocycles. The number of amides is 2. The van der Waals surface area contributed by atoms with Crippen molar-refractivity contribution >= 4 is 23.2 Å². The molecule has 0 saturated heterocycles. The first-order valence-corrected chi connectivity index (χ1v) is 9.59. The molecule has 1 N–H and O–H groups in total. The first-order chi connectivity index (χ1) is 14.1. The van der Waals surface area contributed by atoms with Crippen molar-refractivity contribution in [2.24, 2.45) is 0 Å². The molecular formula is C24H22N2O3. The number of fused-ring (bicyclic) bond motifs is 1. The van der Waals surface area contributed by atoms with E-state index in [2.05, 4.69) is 5.32 Å². The molecule has 0 aromatic heterocycles. The third-order valence-corrected chi connectivity index (χ3v) is 5.00. The normalized spacial score (nSPS) is 12.8. The maximum Gasteiger partial charge on any atom is 0.236 e. The van der Waals surface area contributed by atoms with E-state index in [-0.39, 0.29) is 11.8 Å². The molecule has 0 radical (unpaired) electrons. The van der Waals surface area contributed by atoms with Gasteiger partial charge < -0.3 is 15.0 Å². The standard InChI is InChI=1S/C24H22N2O3/c1-17(27)26-14-15-29-22-13-12-20(16-21(22)26)25-24(28)23(18-8-4-2-5-9-18)19-10-6-3-7-11-19/h2-13,16,23H,14-15H2,1H3,(H,25,28). The molecule has 0 saturated carbocycles. The van der Waals surface area contributed by atoms with Crippen LogP contribution in [-0.2, 0) is 9.59 Å². The number of rotatable bonds is 4. The Bertz CT molecular complexity index is 979. The number of nitrogens with zero attached hydrogens (tertiary/aromatic N) is 1. The minimum absolute atomic E-state index is 0.0514. The first-order valence-electron chi connectivity index (χ1n) is 9.59. The van der Waals surface area contributed by atoms with E-state index >= 15 is 0 Å². The van der Waals surface area contributed by atoms with Crippen molar-refractivity contribution in [2.45, 2.75) is 12.8 Å². The lowest BCUT2D eigenvalue weighted by Crippen LogP contribution is -2.36. The summed E-state index contributed by atoms with van der Waals surface area (Å²) in [6.45, 7) is 2.49. The molecule has 3 aromatic carbocycles. The van der Waals surface area contributed by atoms with Crippen LogP contribution in [0.3, 0.4) is 0 Å². The van der Waals surface area contributed by atoms with E-state index in [1.807, 2.05) is 60.7 Å². The number of hydrogen-bond donors (Lipinski definition) is 1. The second-order valence-corrected chi connectivity index (χ2v) is 6.95. The van der Waals surface area contributed by atoms with Crippen LogP contribution >= 0.6 is 0 Å². The van der Waals surface area contributed by atoms with Crippen LogP contribution in [0.1, 0.15) is 24.0 Å². The average molecular weight is 386 g/mol. The van der Waals surface area contributed by atoms with E-state index in [1.54, 1.807) is 23.1 Å². The molecule has 0 bridgehead atoms. The van der Waals surface area contributed by atoms with Gasteiger partial charge in [0.1, 0.15) is 12.4 Å². The molecule has 0 spiro atoms. The van der Waals surface area contributed by atoms with Crippen molar-refractivity contribution < 1.29 is 14.3 Å². The van der Waals surface area contributed by atoms with Gasteiger partial charge in [-0.05, 0) is 29.3 Å². The molecule has 0 unspecified atom stereocenters. The summed E-state index contributed by atoms with van der Waals surface area (Å²) in [4.78, 5) is 26.9. The molecule has 1 heterocycles. The van der Waals surface area contributed by atoms with E-state index < -0.39 is 5.92 Å². The van der Waals surface area contributed by atoms with Gasteiger partial charge in [0, 0.05) is 12.6 Å². The Morgan fingerprint density at radius 3 is 2.14 bits per heavy atom. The number of anilines is 2. The van der Waals surface area contributed by atoms with Gasteiger partial charge in [-0.2, -0.15) is 0 Å². The Labute approximate surface area is 169 Å². The maximum atomic E-state index is 13.3. The average Bonchev–Trinajstić information content (AvgIpc) is 2.75. The number of nitrogens with one attached hydrogen (secondary N) is 1. The summed E-state index contributed by atoms with van der Waals surface area (Å²) in [7, 11) is 0. The highest BCUT2D eigenvalue weighted by atomic mass is 16.5. The van der Waals surface area contributed by atoms with Crippen molar-refractivity contribution in [1.29, 1.82) is 0 Å². The van der Waals surface area contributed by atoms with Crippen molar-refractivity contribution in [3.63, 3.8) is 0 Å². The predicted molar refractivity (Wildman–Crippen MR) is 113 cm³/mol. The second kappa shape index (κ2) is 8.19. The van der Waals surface area contributed by atoms with Crippen LogP contribution < -0.4 is 15.0 Å². The van der Waals surface area contributed by atoms with E-state index in [9.17, 15) is 9.59 Å². The minimum Gasteiger partial charge on any atom is -0.490 e. The van der Waals surface area contributed by atoms with Gasteiger partial charge in [0.25, 0.3) is 0 Å². The topological polar surface area (TPSA) is 58.6 Å². The molecule has 1 aliphatic rings. The van der Waals surface area contributed by atoms with Crippen LogP contribution in [0.5, 0.6) is 5.75 Å². The number of ether oxygens (including phenoxy) is 1. The highest BCUT2D eigenvalue weighted by Crippen LogP contribution is 2.35. The van der Waals surface area contributed by atoms with Gasteiger partial charge >= 0.3 is 0 Å². The third-order valence-electron chi connectivity index (χ3n) is 5.00. The van der Waals surface area contributed by atoms with Gasteiger partial charge in [0.2, 0.25) is 11.8 Å². The summed E-state index contributed by atoms with van der Waals surface area (Å²) in [5.41, 5.74) is 3.14. The van der Waals surface area contributed by atoms with Crippen LogP contribution in [0.2, 0.25) is 0 Å². The fourth-order valence-electron chi connectivity index (χ4n) is 3.62. The summed E-state index contributed by atoms with van der Waals surface area (Å²) in [5.74, 6) is 0.0265. The molecule has 0 atom stereocenters. The molecule has 3 aromatic rings. The van der Waals surface area contributed by atoms with Gasteiger partial charge in [-0.15, -0.1) is 0 Å². The molecule has 5 nitrogen and oxygen atoms in total. The minimum atomic E-state index is -0.436. The molecule has 146 valence electrons. The lowest BCUT2D eigenvalue weighted by Gasteiger charge is -2.29. The highest BCUT2D eigenvalue weighted by molar-refractivity contribution is 6.00. The van der Waals surface area contributed by atoms with Crippen LogP contribution in [0, 0.1) is 0 Å². The van der Waals surface area contributed by atoms with Gasteiger partial charge in [-0.25, -0.2) is 0 Å². The summed E-state index contributed by atoms with van der Waals surface area (Å²) in [6, 6.07) is 24.8. The molecule has 29 heavy (non-hydrogen) atoms. The van der Waals surface area contributed by atoms with Crippen molar-refractivity contribution in [2.75, 3.05) is 23.4 Å². The smallest absolute Gasteiger partial charge is 0.236 e. The summed E-state index contributed by atoms with van der Waals surface area (Å²) in [6.07, 6.45) is 0. The van der Waals surface area contributed by atoms with Crippen LogP contribution in [-0.4, -0.2) is 25.0 Å². The quantitative estimate of drug-likeness (QED) is 0.731. The number of benzene rings is 3. The molecule has 5 heteroatoms. The SMILES string of the molecule is CC(=O)N1CCOc2ccc(NC(=O)C(c3ccccc3)c3ccccc3)cc21. The molecule has 0 fully saturated rings. The molecular weight excluding hydrogens is 364 g/mol. The van der Waals surface area contributed by atoms with E-state index in [1.165, 1.54) is 6.92 Å². The van der Waals surface area contributed by atoms with Crippen LogP contribution in [0.15, 0.2) is 78.9 Å². The predicted octanol–water partition coefficient (Wildman–Crippen LogP) is 4.20. The fourth-order valence-corrected chi connectivity index (χ4v) is 3.62. The number of hydrogen-bond acceptors (Lipinski definition) is 3. The van der Waals surface area contributed by atoms with Gasteiger partial charge in [0.15, 0.2) is 0 Å². The zero-order valence-corrected chi connectivity index (χ0v) is 16.2. The zero-order chi connectivity index (χ0) is 20.2. The summed E-state index contributed by atoms with van der Waals surface area (Å²) < 4.78 is 5.64. The van der Waals surface area contributed by atoms with Gasteiger partial charge in [0.05, 0.1) is 18.2 Å². The Balaban J connectivity index is 1.65. The van der Waals surface area contributed by atoms with Crippen molar-refractivity contribution in [3.05, 3.63) is 90.0 Å². The third kappa shape index (κ3) is 3.99.